The zero-order valence-electron chi connectivity index (χ0n) is 13.6. The van der Waals surface area contributed by atoms with Gasteiger partial charge in [0.05, 0.1) is 6.10 Å². The quantitative estimate of drug-likeness (QED) is 0.733. The molecule has 0 aromatic heterocycles. The molecule has 0 heterocycles. The smallest absolute Gasteiger partial charge is 0.139 e. The minimum atomic E-state index is -0.0801. The second-order valence-electron chi connectivity index (χ2n) is 9.01. The molecule has 1 unspecified atom stereocenters. The Balaban J connectivity index is 1.66. The summed E-state index contributed by atoms with van der Waals surface area (Å²) in [5, 5.41) is 10.2. The van der Waals surface area contributed by atoms with Crippen molar-refractivity contribution in [2.45, 2.75) is 77.7 Å². The first-order chi connectivity index (χ1) is 9.95. The highest BCUT2D eigenvalue weighted by Crippen LogP contribution is 2.65. The average molecular weight is 290 g/mol. The fourth-order valence-electron chi connectivity index (χ4n) is 7.10. The van der Waals surface area contributed by atoms with Gasteiger partial charge in [-0.15, -0.1) is 0 Å². The van der Waals surface area contributed by atoms with Crippen LogP contribution in [0.25, 0.3) is 0 Å². The van der Waals surface area contributed by atoms with E-state index in [-0.39, 0.29) is 11.5 Å². The maximum Gasteiger partial charge on any atom is 0.139 e. The van der Waals surface area contributed by atoms with Crippen LogP contribution in [0.15, 0.2) is 0 Å². The van der Waals surface area contributed by atoms with Gasteiger partial charge in [-0.1, -0.05) is 13.8 Å². The summed E-state index contributed by atoms with van der Waals surface area (Å²) in [7, 11) is 0. The van der Waals surface area contributed by atoms with Gasteiger partial charge in [0.15, 0.2) is 0 Å². The number of aliphatic hydroxyl groups is 1. The Morgan fingerprint density at radius 1 is 1.00 bits per heavy atom. The van der Waals surface area contributed by atoms with Gasteiger partial charge in [-0.25, -0.2) is 0 Å². The Labute approximate surface area is 128 Å². The fraction of sp³-hybridized carbons (Fsp3) is 0.947. The van der Waals surface area contributed by atoms with Crippen molar-refractivity contribution in [3.05, 3.63) is 0 Å². The maximum atomic E-state index is 12.4. The van der Waals surface area contributed by atoms with Crippen molar-refractivity contribution in [2.75, 3.05) is 0 Å². The number of aliphatic hydroxyl groups excluding tert-OH is 1. The van der Waals surface area contributed by atoms with E-state index in [0.717, 1.165) is 49.9 Å². The summed E-state index contributed by atoms with van der Waals surface area (Å²) in [4.78, 5) is 12.4. The molecule has 0 amide bonds. The third kappa shape index (κ3) is 1.84. The highest BCUT2D eigenvalue weighted by atomic mass is 16.3. The molecule has 4 aliphatic rings. The van der Waals surface area contributed by atoms with Gasteiger partial charge in [-0.05, 0) is 80.5 Å². The minimum absolute atomic E-state index is 0.00234. The van der Waals surface area contributed by atoms with E-state index in [1.54, 1.807) is 0 Å². The van der Waals surface area contributed by atoms with Gasteiger partial charge in [0.25, 0.3) is 0 Å². The summed E-state index contributed by atoms with van der Waals surface area (Å²) >= 11 is 0. The van der Waals surface area contributed by atoms with Gasteiger partial charge in [-0.2, -0.15) is 0 Å². The van der Waals surface area contributed by atoms with Crippen LogP contribution in [0, 0.1) is 34.5 Å². The molecular formula is C19H30O2. The van der Waals surface area contributed by atoms with Gasteiger partial charge >= 0.3 is 0 Å². The van der Waals surface area contributed by atoms with Gasteiger partial charge in [0.1, 0.15) is 5.78 Å². The molecule has 0 aromatic carbocycles. The molecule has 4 rings (SSSR count). The van der Waals surface area contributed by atoms with Crippen LogP contribution in [-0.4, -0.2) is 17.0 Å². The van der Waals surface area contributed by atoms with E-state index in [2.05, 4.69) is 13.8 Å². The number of hydrogen-bond acceptors (Lipinski definition) is 2. The second kappa shape index (κ2) is 4.57. The molecule has 4 fully saturated rings. The summed E-state index contributed by atoms with van der Waals surface area (Å²) in [5.74, 6) is 3.52. The van der Waals surface area contributed by atoms with E-state index in [1.807, 2.05) is 0 Å². The summed E-state index contributed by atoms with van der Waals surface area (Å²) in [6.07, 6.45) is 10.1. The summed E-state index contributed by atoms with van der Waals surface area (Å²) in [6, 6.07) is 0. The van der Waals surface area contributed by atoms with Crippen LogP contribution in [0.1, 0.15) is 71.6 Å². The SMILES string of the molecule is C[C@]12CC(O)CC[C@H]1CC[C@@H]1[C@@H]2CC[C@]2(C)C(=O)CC[C@@H]12. The Morgan fingerprint density at radius 3 is 2.57 bits per heavy atom. The zero-order valence-corrected chi connectivity index (χ0v) is 13.6. The average Bonchev–Trinajstić information content (AvgIpc) is 2.74. The molecule has 7 atom stereocenters. The molecule has 4 aliphatic carbocycles. The molecule has 21 heavy (non-hydrogen) atoms. The molecule has 4 saturated carbocycles. The van der Waals surface area contributed by atoms with Gasteiger partial charge in [0, 0.05) is 11.8 Å². The molecule has 118 valence electrons. The monoisotopic (exact) mass is 290 g/mol. The lowest BCUT2D eigenvalue weighted by Crippen LogP contribution is -2.54. The molecule has 1 N–H and O–H groups in total. The molecule has 0 spiro atoms. The number of ketones is 1. The van der Waals surface area contributed by atoms with Crippen molar-refractivity contribution < 1.29 is 9.90 Å². The van der Waals surface area contributed by atoms with E-state index in [4.69, 9.17) is 0 Å². The minimum Gasteiger partial charge on any atom is -0.393 e. The molecule has 0 aliphatic heterocycles. The predicted molar refractivity (Wildman–Crippen MR) is 82.7 cm³/mol. The van der Waals surface area contributed by atoms with Gasteiger partial charge in [-0.3, -0.25) is 4.79 Å². The first-order valence-corrected chi connectivity index (χ1v) is 9.16. The highest BCUT2D eigenvalue weighted by molar-refractivity contribution is 5.87. The Morgan fingerprint density at radius 2 is 1.76 bits per heavy atom. The van der Waals surface area contributed by atoms with Crippen molar-refractivity contribution in [1.29, 1.82) is 0 Å². The van der Waals surface area contributed by atoms with Crippen LogP contribution in [0.5, 0.6) is 0 Å². The lowest BCUT2D eigenvalue weighted by molar-refractivity contribution is -0.144. The maximum absolute atomic E-state index is 12.4. The van der Waals surface area contributed by atoms with Crippen molar-refractivity contribution >= 4 is 5.78 Å². The van der Waals surface area contributed by atoms with Gasteiger partial charge in [0.2, 0.25) is 0 Å². The largest absolute Gasteiger partial charge is 0.393 e. The van der Waals surface area contributed by atoms with Crippen molar-refractivity contribution in [1.82, 2.24) is 0 Å². The molecule has 2 nitrogen and oxygen atoms in total. The normalized spacial score (nSPS) is 56.5. The topological polar surface area (TPSA) is 37.3 Å². The van der Waals surface area contributed by atoms with Crippen LogP contribution in [0.4, 0.5) is 0 Å². The molecule has 0 aromatic rings. The Kier molecular flexibility index (Phi) is 3.10. The second-order valence-corrected chi connectivity index (χ2v) is 9.01. The van der Waals surface area contributed by atoms with E-state index < -0.39 is 0 Å². The number of hydrogen-bond donors (Lipinski definition) is 1. The van der Waals surface area contributed by atoms with E-state index in [9.17, 15) is 9.90 Å². The number of fused-ring (bicyclic) bond motifs is 5. The number of carbonyl (C=O) groups excluding carboxylic acids is 1. The van der Waals surface area contributed by atoms with E-state index in [0.29, 0.717) is 17.1 Å². The fourth-order valence-corrected chi connectivity index (χ4v) is 7.10. The predicted octanol–water partition coefficient (Wildman–Crippen LogP) is 3.96. The third-order valence-corrected chi connectivity index (χ3v) is 8.30. The zero-order chi connectivity index (χ0) is 14.8. The highest BCUT2D eigenvalue weighted by Gasteiger charge is 2.60. The molecule has 2 heteroatoms. The first-order valence-electron chi connectivity index (χ1n) is 9.16. The van der Waals surface area contributed by atoms with E-state index >= 15 is 0 Å². The van der Waals surface area contributed by atoms with Crippen LogP contribution >= 0.6 is 0 Å². The summed E-state index contributed by atoms with van der Waals surface area (Å²) in [5.41, 5.74) is 0.338. The number of carbonyl (C=O) groups is 1. The first kappa shape index (κ1) is 14.2. The Hall–Kier alpha value is -0.370. The van der Waals surface area contributed by atoms with Crippen LogP contribution in [0.2, 0.25) is 0 Å². The lowest BCUT2D eigenvalue weighted by Gasteiger charge is -2.60. The van der Waals surface area contributed by atoms with Crippen LogP contribution in [0.3, 0.4) is 0 Å². The lowest BCUT2D eigenvalue weighted by atomic mass is 9.45. The third-order valence-electron chi connectivity index (χ3n) is 8.30. The Bertz CT molecular complexity index is 458. The van der Waals surface area contributed by atoms with Crippen molar-refractivity contribution in [2.24, 2.45) is 34.5 Å². The van der Waals surface area contributed by atoms with Crippen molar-refractivity contribution in [3.8, 4) is 0 Å². The van der Waals surface area contributed by atoms with Crippen LogP contribution < -0.4 is 0 Å². The van der Waals surface area contributed by atoms with Crippen molar-refractivity contribution in [3.63, 3.8) is 0 Å². The summed E-state index contributed by atoms with van der Waals surface area (Å²) < 4.78 is 0. The summed E-state index contributed by atoms with van der Waals surface area (Å²) in [6.45, 7) is 4.73. The standard InChI is InChI=1S/C19H30O2/c1-18-10-9-16-14(15(18)7-8-17(18)21)6-4-12-3-5-13(20)11-19(12,16)2/h12-16,20H,3-11H2,1-2H3/t12-,13?,14-,15-,16-,18-,19-/m0/s1. The molecule has 0 radical (unpaired) electrons. The van der Waals surface area contributed by atoms with Gasteiger partial charge < -0.3 is 5.11 Å². The van der Waals surface area contributed by atoms with E-state index in [1.165, 1.54) is 25.7 Å². The number of Topliss-reactive ketones (excluding diaryl/α,β-unsaturated/α-hetero) is 1. The number of rotatable bonds is 0. The molecular weight excluding hydrogens is 260 g/mol. The van der Waals surface area contributed by atoms with Crippen LogP contribution in [-0.2, 0) is 4.79 Å². The molecule has 0 saturated heterocycles. The molecule has 0 bridgehead atoms.